The minimum Gasteiger partial charge on any atom is -0.487 e. The van der Waals surface area contributed by atoms with Gasteiger partial charge in [-0.2, -0.15) is 18.2 Å². The average molecular weight is 429 g/mol. The summed E-state index contributed by atoms with van der Waals surface area (Å²) in [7, 11) is 0. The van der Waals surface area contributed by atoms with Crippen LogP contribution in [0.15, 0.2) is 60.8 Å². The van der Waals surface area contributed by atoms with E-state index in [0.29, 0.717) is 41.9 Å². The van der Waals surface area contributed by atoms with Gasteiger partial charge in [-0.3, -0.25) is 4.79 Å². The van der Waals surface area contributed by atoms with Crippen molar-refractivity contribution in [3.63, 3.8) is 0 Å². The number of rotatable bonds is 6. The summed E-state index contributed by atoms with van der Waals surface area (Å²) >= 11 is 0. The number of nitrogens with zero attached hydrogens (tertiary/aromatic N) is 3. The van der Waals surface area contributed by atoms with Gasteiger partial charge in [-0.1, -0.05) is 12.1 Å². The van der Waals surface area contributed by atoms with E-state index in [1.54, 1.807) is 36.5 Å². The van der Waals surface area contributed by atoms with E-state index in [4.69, 9.17) is 10.5 Å². The maximum Gasteiger partial charge on any atom is 0.416 e. The van der Waals surface area contributed by atoms with E-state index in [0.717, 1.165) is 12.1 Å². The lowest BCUT2D eigenvalue weighted by Gasteiger charge is -2.39. The number of carbonyl (C=O) groups excluding carboxylic acids is 1. The predicted octanol–water partition coefficient (Wildman–Crippen LogP) is 3.61. The molecule has 3 N–H and O–H groups in total. The quantitative estimate of drug-likeness (QED) is 0.622. The maximum atomic E-state index is 12.6. The second-order valence-corrected chi connectivity index (χ2v) is 6.94. The molecule has 0 saturated carbocycles. The zero-order valence-electron chi connectivity index (χ0n) is 16.1. The molecular formula is C21H18F3N5O2. The Balaban J connectivity index is 1.37. The van der Waals surface area contributed by atoms with E-state index in [-0.39, 0.29) is 6.10 Å². The standard InChI is InChI=1S/C21H18F3N5O2/c22-21(23,24)13-5-7-14(8-6-13)31-15-11-29(12-15)18-9-10-26-20(28-18)27-17-4-2-1-3-16(17)19(25)30/h1-10,15H,11-12H2,(H2,25,30)(H,26,27,28). The summed E-state index contributed by atoms with van der Waals surface area (Å²) in [6, 6.07) is 13.1. The highest BCUT2D eigenvalue weighted by atomic mass is 19.4. The first-order chi connectivity index (χ1) is 14.8. The van der Waals surface area contributed by atoms with Gasteiger partial charge in [-0.15, -0.1) is 0 Å². The third kappa shape index (κ3) is 4.68. The molecule has 3 aromatic rings. The first kappa shape index (κ1) is 20.5. The summed E-state index contributed by atoms with van der Waals surface area (Å²) in [5.41, 5.74) is 5.50. The molecule has 2 heterocycles. The molecular weight excluding hydrogens is 411 g/mol. The van der Waals surface area contributed by atoms with Crippen molar-refractivity contribution >= 4 is 23.4 Å². The third-order valence-corrected chi connectivity index (χ3v) is 4.74. The summed E-state index contributed by atoms with van der Waals surface area (Å²) < 4.78 is 43.6. The fraction of sp³-hybridized carbons (Fsp3) is 0.190. The van der Waals surface area contributed by atoms with Crippen molar-refractivity contribution < 1.29 is 22.7 Å². The van der Waals surface area contributed by atoms with Gasteiger partial charge in [0.1, 0.15) is 17.7 Å². The molecule has 1 aromatic heterocycles. The normalized spacial score (nSPS) is 14.1. The number of alkyl halides is 3. The Morgan fingerprint density at radius 1 is 1.10 bits per heavy atom. The van der Waals surface area contributed by atoms with Crippen molar-refractivity contribution in [1.82, 2.24) is 9.97 Å². The second-order valence-electron chi connectivity index (χ2n) is 6.94. The van der Waals surface area contributed by atoms with Crippen LogP contribution in [0.25, 0.3) is 0 Å². The minimum atomic E-state index is -4.37. The van der Waals surface area contributed by atoms with Crippen LogP contribution in [-0.4, -0.2) is 35.1 Å². The van der Waals surface area contributed by atoms with Gasteiger partial charge in [0.25, 0.3) is 5.91 Å². The molecule has 10 heteroatoms. The molecule has 1 fully saturated rings. The number of primary amides is 1. The molecule has 0 unspecified atom stereocenters. The van der Waals surface area contributed by atoms with Gasteiger partial charge in [0.15, 0.2) is 0 Å². The molecule has 1 amide bonds. The lowest BCUT2D eigenvalue weighted by atomic mass is 10.1. The summed E-state index contributed by atoms with van der Waals surface area (Å²) in [5.74, 6) is 0.774. The summed E-state index contributed by atoms with van der Waals surface area (Å²) in [6.45, 7) is 1.05. The van der Waals surface area contributed by atoms with Crippen molar-refractivity contribution in [2.75, 3.05) is 23.3 Å². The number of hydrogen-bond donors (Lipinski definition) is 2. The molecule has 7 nitrogen and oxygen atoms in total. The largest absolute Gasteiger partial charge is 0.487 e. The van der Waals surface area contributed by atoms with Crippen molar-refractivity contribution in [2.24, 2.45) is 5.73 Å². The smallest absolute Gasteiger partial charge is 0.416 e. The zero-order chi connectivity index (χ0) is 22.0. The molecule has 1 saturated heterocycles. The van der Waals surface area contributed by atoms with Gasteiger partial charge in [0, 0.05) is 6.20 Å². The number of nitrogens with two attached hydrogens (primary N) is 1. The Labute approximate surface area is 175 Å². The molecule has 2 aromatic carbocycles. The highest BCUT2D eigenvalue weighted by Gasteiger charge is 2.32. The van der Waals surface area contributed by atoms with Crippen LogP contribution in [0.3, 0.4) is 0 Å². The van der Waals surface area contributed by atoms with Crippen LogP contribution >= 0.6 is 0 Å². The van der Waals surface area contributed by atoms with Crippen molar-refractivity contribution in [2.45, 2.75) is 12.3 Å². The fourth-order valence-electron chi connectivity index (χ4n) is 3.13. The SMILES string of the molecule is NC(=O)c1ccccc1Nc1nccc(N2CC(Oc3ccc(C(F)(F)F)cc3)C2)n1. The molecule has 160 valence electrons. The predicted molar refractivity (Wildman–Crippen MR) is 108 cm³/mol. The molecule has 1 aliphatic rings. The number of ether oxygens (including phenoxy) is 1. The van der Waals surface area contributed by atoms with Crippen LogP contribution in [0.4, 0.5) is 30.6 Å². The van der Waals surface area contributed by atoms with Crippen LogP contribution in [-0.2, 0) is 6.18 Å². The van der Waals surface area contributed by atoms with Gasteiger partial charge in [0.2, 0.25) is 5.95 Å². The van der Waals surface area contributed by atoms with E-state index >= 15 is 0 Å². The van der Waals surface area contributed by atoms with E-state index < -0.39 is 17.6 Å². The first-order valence-corrected chi connectivity index (χ1v) is 9.37. The number of para-hydroxylation sites is 1. The Bertz CT molecular complexity index is 1080. The minimum absolute atomic E-state index is 0.168. The molecule has 0 radical (unpaired) electrons. The van der Waals surface area contributed by atoms with Crippen molar-refractivity contribution in [3.05, 3.63) is 71.9 Å². The van der Waals surface area contributed by atoms with Crippen LogP contribution in [0.5, 0.6) is 5.75 Å². The number of nitrogens with one attached hydrogen (secondary N) is 1. The van der Waals surface area contributed by atoms with Gasteiger partial charge < -0.3 is 20.7 Å². The Morgan fingerprint density at radius 3 is 2.48 bits per heavy atom. The van der Waals surface area contributed by atoms with E-state index in [9.17, 15) is 18.0 Å². The number of amides is 1. The highest BCUT2D eigenvalue weighted by molar-refractivity contribution is 5.98. The molecule has 0 aliphatic carbocycles. The fourth-order valence-corrected chi connectivity index (χ4v) is 3.13. The van der Waals surface area contributed by atoms with Gasteiger partial charge >= 0.3 is 6.18 Å². The molecule has 0 bridgehead atoms. The molecule has 31 heavy (non-hydrogen) atoms. The van der Waals surface area contributed by atoms with Crippen LogP contribution in [0, 0.1) is 0 Å². The molecule has 4 rings (SSSR count). The molecule has 0 spiro atoms. The zero-order valence-corrected chi connectivity index (χ0v) is 16.1. The topological polar surface area (TPSA) is 93.4 Å². The number of anilines is 3. The van der Waals surface area contributed by atoms with Crippen LogP contribution in [0.2, 0.25) is 0 Å². The van der Waals surface area contributed by atoms with Gasteiger partial charge in [0.05, 0.1) is 29.9 Å². The highest BCUT2D eigenvalue weighted by Crippen LogP contribution is 2.31. The number of aromatic nitrogens is 2. The monoisotopic (exact) mass is 429 g/mol. The Morgan fingerprint density at radius 2 is 1.81 bits per heavy atom. The van der Waals surface area contributed by atoms with Crippen LogP contribution in [0.1, 0.15) is 15.9 Å². The van der Waals surface area contributed by atoms with E-state index in [2.05, 4.69) is 15.3 Å². The lowest BCUT2D eigenvalue weighted by Crippen LogP contribution is -2.54. The first-order valence-electron chi connectivity index (χ1n) is 9.37. The molecule has 1 aliphatic heterocycles. The van der Waals surface area contributed by atoms with Crippen molar-refractivity contribution in [3.8, 4) is 5.75 Å². The molecule has 0 atom stereocenters. The number of hydrogen-bond acceptors (Lipinski definition) is 6. The van der Waals surface area contributed by atoms with Crippen molar-refractivity contribution in [1.29, 1.82) is 0 Å². The summed E-state index contributed by atoms with van der Waals surface area (Å²) in [5, 5.41) is 2.99. The third-order valence-electron chi connectivity index (χ3n) is 4.74. The second kappa shape index (κ2) is 8.13. The lowest BCUT2D eigenvalue weighted by molar-refractivity contribution is -0.137. The number of benzene rings is 2. The van der Waals surface area contributed by atoms with Gasteiger partial charge in [-0.25, -0.2) is 4.98 Å². The van der Waals surface area contributed by atoms with E-state index in [1.807, 2.05) is 4.90 Å². The maximum absolute atomic E-state index is 12.6. The Kier molecular flexibility index (Phi) is 5.37. The number of carbonyl (C=O) groups is 1. The summed E-state index contributed by atoms with van der Waals surface area (Å²) in [4.78, 5) is 22.1. The number of halogens is 3. The average Bonchev–Trinajstić information content (AvgIpc) is 2.70. The van der Waals surface area contributed by atoms with Gasteiger partial charge in [-0.05, 0) is 42.5 Å². The Hall–Kier alpha value is -3.82. The van der Waals surface area contributed by atoms with E-state index in [1.165, 1.54) is 12.1 Å². The van der Waals surface area contributed by atoms with Crippen LogP contribution < -0.4 is 20.7 Å². The summed E-state index contributed by atoms with van der Waals surface area (Å²) in [6.07, 6.45) is -2.96.